The summed E-state index contributed by atoms with van der Waals surface area (Å²) in [6, 6.07) is 8.60. The molecule has 0 amide bonds. The first-order valence-electron chi connectivity index (χ1n) is 13.1. The van der Waals surface area contributed by atoms with E-state index in [-0.39, 0.29) is 30.2 Å². The summed E-state index contributed by atoms with van der Waals surface area (Å²) in [5.74, 6) is 0. The van der Waals surface area contributed by atoms with Gasteiger partial charge in [0.1, 0.15) is 0 Å². The summed E-state index contributed by atoms with van der Waals surface area (Å²) < 4.78 is 2.07. The van der Waals surface area contributed by atoms with E-state index in [0.717, 1.165) is 12.8 Å². The predicted molar refractivity (Wildman–Crippen MR) is 157 cm³/mol. The van der Waals surface area contributed by atoms with Gasteiger partial charge in [0.05, 0.1) is 0 Å². The van der Waals surface area contributed by atoms with Crippen molar-refractivity contribution in [2.45, 2.75) is 78.8 Å². The molecule has 6 heteroatoms. The minimum atomic E-state index is -2.25. The third-order valence-corrected chi connectivity index (χ3v) is 15.6. The summed E-state index contributed by atoms with van der Waals surface area (Å²) in [5.41, 5.74) is 16.3. The first kappa shape index (κ1) is 37.4. The second kappa shape index (κ2) is 15.7. The Bertz CT molecular complexity index is 1260. The van der Waals surface area contributed by atoms with Crippen molar-refractivity contribution in [3.63, 3.8) is 0 Å². The molecule has 1 unspecified atom stereocenters. The maximum absolute atomic E-state index is 6.17. The van der Waals surface area contributed by atoms with Crippen LogP contribution in [-0.4, -0.2) is 0 Å². The molecule has 0 bridgehead atoms. The molecule has 0 spiro atoms. The molecule has 0 saturated carbocycles. The Labute approximate surface area is 280 Å². The molecule has 1 aromatic carbocycles. The van der Waals surface area contributed by atoms with Crippen molar-refractivity contribution in [3.8, 4) is 0 Å². The van der Waals surface area contributed by atoms with Gasteiger partial charge < -0.3 is 24.8 Å². The first-order chi connectivity index (χ1) is 17.3. The van der Waals surface area contributed by atoms with Crippen molar-refractivity contribution in [2.75, 3.05) is 0 Å². The molecule has 0 fully saturated rings. The normalized spacial score (nSPS) is 20.5. The monoisotopic (exact) mass is 756 g/mol. The van der Waals surface area contributed by atoms with Crippen LogP contribution in [0.5, 0.6) is 0 Å². The number of halogens is 4. The Morgan fingerprint density at radius 2 is 1.26 bits per heavy atom. The minimum absolute atomic E-state index is 0. The summed E-state index contributed by atoms with van der Waals surface area (Å²) in [6.07, 6.45) is 11.5. The van der Waals surface area contributed by atoms with Gasteiger partial charge in [0.25, 0.3) is 0 Å². The SMILES string of the molecule is CC1=C(C)C(C)(C)[C]([Zr]([Cl])[Cl])=C1C.CC1=CCC(C2=C(C)C(C)=CC2)=C1C.[Cl-].[Cl-].[Zr+2][CH]1C=Cc2ccccc21. The quantitative estimate of drug-likeness (QED) is 0.390. The van der Waals surface area contributed by atoms with Gasteiger partial charge in [0.15, 0.2) is 0 Å². The zero-order valence-corrected chi connectivity index (χ0v) is 32.6. The number of allylic oxidation sites excluding steroid dienone is 13. The number of hydrogen-bond acceptors (Lipinski definition) is 0. The van der Waals surface area contributed by atoms with E-state index >= 15 is 0 Å². The predicted octanol–water partition coefficient (Wildman–Crippen LogP) is 5.19. The molecule has 4 aliphatic rings. The standard InChI is InChI=1S/C14H18.C10H15.C9H7.4ClH.2Zr/c1-9-5-7-13(11(9)3)14-8-6-10(2)12(14)4;1-7-6-10(4,5)9(3)8(7)2;1-2-5-9-7-3-6-8(9)4-1;;;;;;/h5-6H,7-8H2,1-4H3;1-5H3;1-7H;4*1H;;/q;;;;;;;2*+2/p-4. The Kier molecular flexibility index (Phi) is 15.0. The van der Waals surface area contributed by atoms with Crippen LogP contribution in [0.1, 0.15) is 89.9 Å². The van der Waals surface area contributed by atoms with Gasteiger partial charge in [-0.15, -0.1) is 0 Å². The average Bonchev–Trinajstić information content (AvgIpc) is 3.54. The number of fused-ring (bicyclic) bond motifs is 1. The van der Waals surface area contributed by atoms with Crippen molar-refractivity contribution >= 4 is 23.1 Å². The van der Waals surface area contributed by atoms with Gasteiger partial charge in [-0.25, -0.2) is 0 Å². The Hall–Kier alpha value is 0.326. The molecule has 0 N–H and O–H groups in total. The fourth-order valence-corrected chi connectivity index (χ4v) is 13.7. The second-order valence-electron chi connectivity index (χ2n) is 11.0. The van der Waals surface area contributed by atoms with E-state index < -0.39 is 19.4 Å². The molecule has 0 aliphatic heterocycles. The van der Waals surface area contributed by atoms with Gasteiger partial charge in [-0.2, -0.15) is 0 Å². The van der Waals surface area contributed by atoms with E-state index in [0.29, 0.717) is 3.63 Å². The molecule has 39 heavy (non-hydrogen) atoms. The summed E-state index contributed by atoms with van der Waals surface area (Å²) in [4.78, 5) is 0. The third kappa shape index (κ3) is 8.24. The molecule has 5 rings (SSSR count). The van der Waals surface area contributed by atoms with Crippen LogP contribution in [0.2, 0.25) is 0 Å². The molecule has 0 radical (unpaired) electrons. The van der Waals surface area contributed by atoms with Gasteiger partial charge >= 0.3 is 172 Å². The van der Waals surface area contributed by atoms with Crippen molar-refractivity contribution in [2.24, 2.45) is 5.41 Å². The van der Waals surface area contributed by atoms with Gasteiger partial charge in [-0.3, -0.25) is 0 Å². The summed E-state index contributed by atoms with van der Waals surface area (Å²) in [5, 5.41) is 0. The molecule has 4 aliphatic carbocycles. The first-order valence-corrected chi connectivity index (χ1v) is 22.1. The van der Waals surface area contributed by atoms with E-state index in [4.69, 9.17) is 17.0 Å². The number of benzene rings is 1. The Balaban J connectivity index is 0.000000288. The van der Waals surface area contributed by atoms with Gasteiger partial charge in [0, 0.05) is 0 Å². The van der Waals surface area contributed by atoms with Gasteiger partial charge in [-0.05, 0) is 62.8 Å². The van der Waals surface area contributed by atoms with Crippen LogP contribution in [0.4, 0.5) is 0 Å². The zero-order chi connectivity index (χ0) is 27.7. The molecule has 0 heterocycles. The Morgan fingerprint density at radius 3 is 1.59 bits per heavy atom. The number of hydrogen-bond donors (Lipinski definition) is 0. The van der Waals surface area contributed by atoms with Crippen molar-refractivity contribution < 1.29 is 68.9 Å². The summed E-state index contributed by atoms with van der Waals surface area (Å²) >= 11 is -0.659. The van der Waals surface area contributed by atoms with Crippen molar-refractivity contribution in [1.29, 1.82) is 0 Å². The van der Waals surface area contributed by atoms with E-state index in [1.165, 1.54) is 53.4 Å². The molecular formula is C33H40Cl4Zr2. The van der Waals surface area contributed by atoms with Crippen LogP contribution in [0.15, 0.2) is 95.9 Å². The molecule has 0 aromatic heterocycles. The van der Waals surface area contributed by atoms with Crippen molar-refractivity contribution in [3.05, 3.63) is 107 Å². The van der Waals surface area contributed by atoms with Crippen LogP contribution in [0, 0.1) is 5.41 Å². The fraction of sp³-hybridized carbons (Fsp3) is 0.394. The average molecular weight is 761 g/mol. The fourth-order valence-electron chi connectivity index (χ4n) is 5.52. The van der Waals surface area contributed by atoms with Crippen LogP contribution >= 0.6 is 17.0 Å². The summed E-state index contributed by atoms with van der Waals surface area (Å²) in [6.45, 7) is 19.9. The molecular weight excluding hydrogens is 721 g/mol. The van der Waals surface area contributed by atoms with E-state index in [2.05, 4.69) is 111 Å². The van der Waals surface area contributed by atoms with Crippen LogP contribution in [0.3, 0.4) is 0 Å². The summed E-state index contributed by atoms with van der Waals surface area (Å²) in [7, 11) is 12.3. The number of rotatable bonds is 2. The van der Waals surface area contributed by atoms with Gasteiger partial charge in [-0.1, -0.05) is 23.3 Å². The maximum atomic E-state index is 6.17. The van der Waals surface area contributed by atoms with Crippen LogP contribution in [0.25, 0.3) is 6.08 Å². The third-order valence-electron chi connectivity index (χ3n) is 8.73. The molecule has 0 saturated heterocycles. The molecule has 1 atom stereocenters. The van der Waals surface area contributed by atoms with E-state index in [9.17, 15) is 0 Å². The topological polar surface area (TPSA) is 0 Å². The van der Waals surface area contributed by atoms with Crippen molar-refractivity contribution in [1.82, 2.24) is 0 Å². The molecule has 208 valence electrons. The zero-order valence-electron chi connectivity index (χ0n) is 24.6. The van der Waals surface area contributed by atoms with E-state index in [1.54, 1.807) is 35.9 Å². The Morgan fingerprint density at radius 1 is 0.769 bits per heavy atom. The van der Waals surface area contributed by atoms with Crippen LogP contribution in [-0.2, 0) is 44.1 Å². The molecule has 0 nitrogen and oxygen atoms in total. The van der Waals surface area contributed by atoms with E-state index in [1.807, 2.05) is 0 Å². The molecule has 1 aromatic rings. The van der Waals surface area contributed by atoms with Crippen LogP contribution < -0.4 is 24.8 Å². The van der Waals surface area contributed by atoms with Gasteiger partial charge in [0.2, 0.25) is 0 Å². The second-order valence-corrected chi connectivity index (χ2v) is 20.6.